The molecule has 1 heterocycles. The third-order valence-electron chi connectivity index (χ3n) is 2.64. The van der Waals surface area contributed by atoms with Gasteiger partial charge in [-0.3, -0.25) is 4.79 Å². The molecule has 0 bridgehead atoms. The van der Waals surface area contributed by atoms with Gasteiger partial charge in [0, 0.05) is 4.90 Å². The van der Waals surface area contributed by atoms with Crippen LogP contribution in [0, 0.1) is 5.82 Å². The molecule has 3 nitrogen and oxygen atoms in total. The van der Waals surface area contributed by atoms with E-state index in [0.29, 0.717) is 16.0 Å². The molecule has 106 valence electrons. The molecule has 0 atom stereocenters. The number of aromatic nitrogens is 2. The molecule has 1 aromatic heterocycles. The standard InChI is InChI=1S/C14H14BrFN2OS/c1-2-4-11-13(15)14(19)18-12(17-11)8-20-10-6-3-5-9(16)7-10/h3,5-7H,2,4,8H2,1H3,(H,17,18,19). The minimum atomic E-state index is -0.265. The molecule has 1 N–H and O–H groups in total. The van der Waals surface area contributed by atoms with Crippen molar-refractivity contribution in [2.75, 3.05) is 0 Å². The predicted molar refractivity (Wildman–Crippen MR) is 82.5 cm³/mol. The first-order valence-electron chi connectivity index (χ1n) is 6.26. The summed E-state index contributed by atoms with van der Waals surface area (Å²) in [5, 5.41) is 0. The van der Waals surface area contributed by atoms with Crippen LogP contribution in [0.15, 0.2) is 38.4 Å². The molecule has 0 aliphatic rings. The summed E-state index contributed by atoms with van der Waals surface area (Å²) in [6.07, 6.45) is 1.67. The summed E-state index contributed by atoms with van der Waals surface area (Å²) in [7, 11) is 0. The Morgan fingerprint density at radius 2 is 2.25 bits per heavy atom. The number of nitrogens with zero attached hydrogens (tertiary/aromatic N) is 1. The Hall–Kier alpha value is -1.14. The van der Waals surface area contributed by atoms with E-state index in [1.165, 1.54) is 23.9 Å². The topological polar surface area (TPSA) is 45.8 Å². The van der Waals surface area contributed by atoms with Gasteiger partial charge >= 0.3 is 0 Å². The number of aryl methyl sites for hydroxylation is 1. The lowest BCUT2D eigenvalue weighted by Gasteiger charge is -2.06. The zero-order valence-electron chi connectivity index (χ0n) is 11.0. The Kier molecular flexibility index (Phi) is 5.37. The zero-order valence-corrected chi connectivity index (χ0v) is 13.4. The molecule has 0 fully saturated rings. The normalized spacial score (nSPS) is 10.8. The fourth-order valence-corrected chi connectivity index (χ4v) is 2.93. The fraction of sp³-hybridized carbons (Fsp3) is 0.286. The second-order valence-electron chi connectivity index (χ2n) is 4.27. The molecule has 0 saturated heterocycles. The van der Waals surface area contributed by atoms with Crippen molar-refractivity contribution in [1.82, 2.24) is 9.97 Å². The van der Waals surface area contributed by atoms with Gasteiger partial charge in [-0.15, -0.1) is 11.8 Å². The average molecular weight is 357 g/mol. The number of nitrogens with one attached hydrogen (secondary N) is 1. The Bertz CT molecular complexity index is 660. The van der Waals surface area contributed by atoms with Gasteiger partial charge in [0.2, 0.25) is 0 Å². The van der Waals surface area contributed by atoms with Crippen molar-refractivity contribution in [3.05, 3.63) is 56.4 Å². The Morgan fingerprint density at radius 1 is 1.45 bits per heavy atom. The molecule has 0 unspecified atom stereocenters. The maximum atomic E-state index is 13.1. The van der Waals surface area contributed by atoms with Crippen LogP contribution in [-0.4, -0.2) is 9.97 Å². The van der Waals surface area contributed by atoms with Gasteiger partial charge in [0.05, 0.1) is 11.4 Å². The lowest BCUT2D eigenvalue weighted by Crippen LogP contribution is -2.15. The SMILES string of the molecule is CCCc1nc(CSc2cccc(F)c2)[nH]c(=O)c1Br. The summed E-state index contributed by atoms with van der Waals surface area (Å²) in [5.41, 5.74) is 0.601. The highest BCUT2D eigenvalue weighted by molar-refractivity contribution is 9.10. The van der Waals surface area contributed by atoms with Crippen LogP contribution in [-0.2, 0) is 12.2 Å². The summed E-state index contributed by atoms with van der Waals surface area (Å²) < 4.78 is 13.6. The van der Waals surface area contributed by atoms with Crippen LogP contribution < -0.4 is 5.56 Å². The average Bonchev–Trinajstić information content (AvgIpc) is 2.42. The highest BCUT2D eigenvalue weighted by atomic mass is 79.9. The molecule has 0 spiro atoms. The predicted octanol–water partition coefficient (Wildman–Crippen LogP) is 3.92. The van der Waals surface area contributed by atoms with Crippen molar-refractivity contribution >= 4 is 27.7 Å². The van der Waals surface area contributed by atoms with Crippen molar-refractivity contribution in [3.63, 3.8) is 0 Å². The third kappa shape index (κ3) is 3.93. The second kappa shape index (κ2) is 7.04. The Balaban J connectivity index is 2.15. The molecule has 0 aliphatic carbocycles. The molecule has 6 heteroatoms. The van der Waals surface area contributed by atoms with Gasteiger partial charge in [-0.2, -0.15) is 0 Å². The van der Waals surface area contributed by atoms with E-state index in [4.69, 9.17) is 0 Å². The Labute approximate surface area is 129 Å². The van der Waals surface area contributed by atoms with Gasteiger partial charge in [-0.05, 0) is 40.5 Å². The summed E-state index contributed by atoms with van der Waals surface area (Å²) in [5.74, 6) is 0.845. The number of thioether (sulfide) groups is 1. The van der Waals surface area contributed by atoms with Crippen LogP contribution in [0.3, 0.4) is 0 Å². The van der Waals surface area contributed by atoms with Gasteiger partial charge in [0.15, 0.2) is 0 Å². The number of halogens is 2. The number of hydrogen-bond acceptors (Lipinski definition) is 3. The number of benzene rings is 1. The van der Waals surface area contributed by atoms with E-state index in [1.807, 2.05) is 13.0 Å². The van der Waals surface area contributed by atoms with Crippen molar-refractivity contribution in [3.8, 4) is 0 Å². The maximum Gasteiger partial charge on any atom is 0.265 e. The van der Waals surface area contributed by atoms with Crippen LogP contribution in [0.4, 0.5) is 4.39 Å². The van der Waals surface area contributed by atoms with Crippen molar-refractivity contribution in [2.24, 2.45) is 0 Å². The van der Waals surface area contributed by atoms with Crippen LogP contribution in [0.5, 0.6) is 0 Å². The molecule has 2 aromatic rings. The smallest absolute Gasteiger partial charge is 0.265 e. The Morgan fingerprint density at radius 3 is 2.95 bits per heavy atom. The lowest BCUT2D eigenvalue weighted by atomic mass is 10.2. The van der Waals surface area contributed by atoms with E-state index in [9.17, 15) is 9.18 Å². The highest BCUT2D eigenvalue weighted by Gasteiger charge is 2.08. The number of rotatable bonds is 5. The molecular formula is C14H14BrFN2OS. The number of aromatic amines is 1. The first-order valence-corrected chi connectivity index (χ1v) is 8.04. The van der Waals surface area contributed by atoms with E-state index in [-0.39, 0.29) is 11.4 Å². The largest absolute Gasteiger partial charge is 0.309 e. The minimum absolute atomic E-state index is 0.168. The van der Waals surface area contributed by atoms with E-state index in [0.717, 1.165) is 23.4 Å². The third-order valence-corrected chi connectivity index (χ3v) is 4.46. The molecule has 2 rings (SSSR count). The van der Waals surface area contributed by atoms with Gasteiger partial charge in [0.1, 0.15) is 16.1 Å². The molecular weight excluding hydrogens is 343 g/mol. The molecule has 0 amide bonds. The minimum Gasteiger partial charge on any atom is -0.309 e. The van der Waals surface area contributed by atoms with Gasteiger partial charge in [-0.25, -0.2) is 9.37 Å². The highest BCUT2D eigenvalue weighted by Crippen LogP contribution is 2.22. The van der Waals surface area contributed by atoms with E-state index >= 15 is 0 Å². The van der Waals surface area contributed by atoms with E-state index < -0.39 is 0 Å². The summed E-state index contributed by atoms with van der Waals surface area (Å²) in [6, 6.07) is 6.37. The van der Waals surface area contributed by atoms with Gasteiger partial charge in [-0.1, -0.05) is 19.4 Å². The summed E-state index contributed by atoms with van der Waals surface area (Å²) in [6.45, 7) is 2.04. The molecule has 0 saturated carbocycles. The summed E-state index contributed by atoms with van der Waals surface area (Å²) >= 11 is 4.70. The van der Waals surface area contributed by atoms with Gasteiger partial charge < -0.3 is 4.98 Å². The van der Waals surface area contributed by atoms with E-state index in [1.54, 1.807) is 6.07 Å². The first kappa shape index (κ1) is 15.3. The fourth-order valence-electron chi connectivity index (χ4n) is 1.74. The van der Waals surface area contributed by atoms with Gasteiger partial charge in [0.25, 0.3) is 5.56 Å². The van der Waals surface area contributed by atoms with Crippen LogP contribution in [0.1, 0.15) is 24.9 Å². The quantitative estimate of drug-likeness (QED) is 0.825. The lowest BCUT2D eigenvalue weighted by molar-refractivity contribution is 0.624. The van der Waals surface area contributed by atoms with Crippen LogP contribution >= 0.6 is 27.7 Å². The summed E-state index contributed by atoms with van der Waals surface area (Å²) in [4.78, 5) is 19.8. The van der Waals surface area contributed by atoms with E-state index in [2.05, 4.69) is 25.9 Å². The maximum absolute atomic E-state index is 13.1. The number of H-pyrrole nitrogens is 1. The molecule has 1 aromatic carbocycles. The molecule has 0 aliphatic heterocycles. The molecule has 0 radical (unpaired) electrons. The zero-order chi connectivity index (χ0) is 14.5. The van der Waals surface area contributed by atoms with Crippen molar-refractivity contribution in [1.29, 1.82) is 0 Å². The molecule has 20 heavy (non-hydrogen) atoms. The number of hydrogen-bond donors (Lipinski definition) is 1. The van der Waals surface area contributed by atoms with Crippen LogP contribution in [0.2, 0.25) is 0 Å². The first-order chi connectivity index (χ1) is 9.60. The van der Waals surface area contributed by atoms with Crippen molar-refractivity contribution in [2.45, 2.75) is 30.4 Å². The van der Waals surface area contributed by atoms with Crippen LogP contribution in [0.25, 0.3) is 0 Å². The monoisotopic (exact) mass is 356 g/mol. The second-order valence-corrected chi connectivity index (χ2v) is 6.11. The van der Waals surface area contributed by atoms with Crippen molar-refractivity contribution < 1.29 is 4.39 Å².